The Morgan fingerprint density at radius 3 is 2.87 bits per heavy atom. The van der Waals surface area contributed by atoms with Crippen LogP contribution < -0.4 is 27.3 Å². The molecule has 1 saturated heterocycles. The number of aromatic nitrogens is 2. The van der Waals surface area contributed by atoms with Crippen molar-refractivity contribution in [3.63, 3.8) is 0 Å². The van der Waals surface area contributed by atoms with E-state index >= 15 is 4.39 Å². The lowest BCUT2D eigenvalue weighted by molar-refractivity contribution is 0.503. The number of hydrogen-bond donors (Lipinski definition) is 2. The zero-order chi connectivity index (χ0) is 21.2. The van der Waals surface area contributed by atoms with Gasteiger partial charge in [-0.25, -0.2) is 9.18 Å². The third-order valence-electron chi connectivity index (χ3n) is 7.00. The molecule has 9 heteroatoms. The number of aryl methyl sites for hydroxylation is 1. The average molecular weight is 412 g/mol. The summed E-state index contributed by atoms with van der Waals surface area (Å²) in [5.74, 6) is 5.24. The molecule has 0 amide bonds. The Bertz CT molecular complexity index is 1210. The van der Waals surface area contributed by atoms with Gasteiger partial charge in [-0.3, -0.25) is 9.36 Å². The Labute approximate surface area is 172 Å². The Kier molecular flexibility index (Phi) is 4.19. The van der Waals surface area contributed by atoms with Crippen LogP contribution in [0.15, 0.2) is 15.7 Å². The fourth-order valence-corrected chi connectivity index (χ4v) is 5.19. The van der Waals surface area contributed by atoms with E-state index in [4.69, 9.17) is 11.1 Å². The number of nitrogen functional groups attached to an aromatic ring is 1. The van der Waals surface area contributed by atoms with Gasteiger partial charge in [-0.2, -0.15) is 9.94 Å². The topological polar surface area (TPSA) is 109 Å². The summed E-state index contributed by atoms with van der Waals surface area (Å²) in [6, 6.07) is 3.74. The lowest BCUT2D eigenvalue weighted by Crippen LogP contribution is -2.44. The van der Waals surface area contributed by atoms with Gasteiger partial charge in [-0.05, 0) is 38.7 Å². The van der Waals surface area contributed by atoms with Gasteiger partial charge in [0.2, 0.25) is 0 Å². The fourth-order valence-electron chi connectivity index (χ4n) is 5.19. The Morgan fingerprint density at radius 1 is 1.40 bits per heavy atom. The number of nitrogens with zero attached hydrogens (tertiary/aromatic N) is 4. The third kappa shape index (κ3) is 2.74. The second-order valence-corrected chi connectivity index (χ2v) is 8.94. The molecular formula is C21H25FN6O2. The number of halogens is 1. The first-order valence-electron chi connectivity index (χ1n) is 10.5. The Balaban J connectivity index is 1.55. The van der Waals surface area contributed by atoms with Crippen molar-refractivity contribution >= 4 is 16.6 Å². The van der Waals surface area contributed by atoms with Crippen molar-refractivity contribution < 1.29 is 4.39 Å². The molecule has 8 nitrogen and oxygen atoms in total. The van der Waals surface area contributed by atoms with E-state index in [1.165, 1.54) is 6.07 Å². The van der Waals surface area contributed by atoms with Gasteiger partial charge in [-0.15, -0.1) is 0 Å². The van der Waals surface area contributed by atoms with E-state index in [2.05, 4.69) is 11.4 Å². The summed E-state index contributed by atoms with van der Waals surface area (Å²) in [6.45, 7) is 3.91. The van der Waals surface area contributed by atoms with Gasteiger partial charge in [0.05, 0.1) is 22.7 Å². The zero-order valence-electron chi connectivity index (χ0n) is 16.9. The maximum absolute atomic E-state index is 15.2. The molecule has 3 aliphatic rings. The van der Waals surface area contributed by atoms with Crippen LogP contribution in [0.4, 0.5) is 10.1 Å². The highest BCUT2D eigenvalue weighted by molar-refractivity contribution is 5.87. The number of rotatable bonds is 5. The molecule has 2 aromatic rings. The van der Waals surface area contributed by atoms with Crippen molar-refractivity contribution in [1.82, 2.24) is 14.6 Å². The average Bonchev–Trinajstić information content (AvgIpc) is 3.61. The van der Waals surface area contributed by atoms with Crippen LogP contribution >= 0.6 is 0 Å². The normalized spacial score (nSPS) is 25.2. The van der Waals surface area contributed by atoms with Gasteiger partial charge in [0.15, 0.2) is 0 Å². The largest absolute Gasteiger partial charge is 0.368 e. The van der Waals surface area contributed by atoms with Gasteiger partial charge in [0.1, 0.15) is 5.82 Å². The molecule has 0 bridgehead atoms. The molecule has 3 N–H and O–H groups in total. The van der Waals surface area contributed by atoms with E-state index in [0.29, 0.717) is 40.5 Å². The highest BCUT2D eigenvalue weighted by Gasteiger charge is 2.57. The third-order valence-corrected chi connectivity index (χ3v) is 7.00. The summed E-state index contributed by atoms with van der Waals surface area (Å²) >= 11 is 0. The van der Waals surface area contributed by atoms with Crippen LogP contribution in [0.3, 0.4) is 0 Å². The molecule has 0 radical (unpaired) electrons. The lowest BCUT2D eigenvalue weighted by Gasteiger charge is -2.24. The van der Waals surface area contributed by atoms with Gasteiger partial charge in [0, 0.05) is 49.1 Å². The first-order chi connectivity index (χ1) is 14.4. The van der Waals surface area contributed by atoms with Crippen LogP contribution in [0.5, 0.6) is 0 Å². The number of nitriles is 1. The van der Waals surface area contributed by atoms with E-state index in [0.717, 1.165) is 38.8 Å². The summed E-state index contributed by atoms with van der Waals surface area (Å²) in [6.07, 6.45) is 4.15. The van der Waals surface area contributed by atoms with Crippen molar-refractivity contribution in [3.05, 3.63) is 38.3 Å². The SMILES string of the molecule is Cc1c(N2CCC3(CC3NCCC#N)C2)c(F)cc2c(=O)n(N)c(=O)n(C3CC3)c12. The summed E-state index contributed by atoms with van der Waals surface area (Å²) in [5.41, 5.74) is 0.509. The molecule has 1 aromatic carbocycles. The first-order valence-corrected chi connectivity index (χ1v) is 10.5. The minimum atomic E-state index is -0.665. The number of hydrogen-bond acceptors (Lipinski definition) is 6. The molecule has 1 spiro atoms. The number of nitrogens with one attached hydrogen (secondary N) is 1. The molecule has 2 saturated carbocycles. The van der Waals surface area contributed by atoms with Crippen LogP contribution in [0, 0.1) is 29.5 Å². The summed E-state index contributed by atoms with van der Waals surface area (Å²) in [4.78, 5) is 27.3. The molecule has 5 rings (SSSR count). The summed E-state index contributed by atoms with van der Waals surface area (Å²) < 4.78 is 17.4. The second-order valence-electron chi connectivity index (χ2n) is 8.94. The summed E-state index contributed by atoms with van der Waals surface area (Å²) in [5, 5.41) is 12.3. The van der Waals surface area contributed by atoms with E-state index in [1.54, 1.807) is 11.5 Å². The zero-order valence-corrected chi connectivity index (χ0v) is 16.9. The second kappa shape index (κ2) is 6.57. The first kappa shape index (κ1) is 19.1. The van der Waals surface area contributed by atoms with Crippen LogP contribution in [0.1, 0.15) is 43.7 Å². The molecule has 2 atom stereocenters. The molecule has 3 fully saturated rings. The van der Waals surface area contributed by atoms with Crippen LogP contribution in [0.2, 0.25) is 0 Å². The summed E-state index contributed by atoms with van der Waals surface area (Å²) in [7, 11) is 0. The fraction of sp³-hybridized carbons (Fsp3) is 0.571. The van der Waals surface area contributed by atoms with E-state index in [1.807, 2.05) is 4.90 Å². The molecule has 30 heavy (non-hydrogen) atoms. The number of nitrogens with two attached hydrogens (primary N) is 1. The Hall–Kier alpha value is -2.86. The maximum Gasteiger partial charge on any atom is 0.350 e. The van der Waals surface area contributed by atoms with Crippen molar-refractivity contribution in [2.45, 2.75) is 51.1 Å². The van der Waals surface area contributed by atoms with Gasteiger partial charge in [0.25, 0.3) is 5.56 Å². The smallest absolute Gasteiger partial charge is 0.350 e. The molecular weight excluding hydrogens is 387 g/mol. The molecule has 2 heterocycles. The number of anilines is 1. The minimum Gasteiger partial charge on any atom is -0.368 e. The minimum absolute atomic E-state index is 0.00878. The monoisotopic (exact) mass is 412 g/mol. The van der Waals surface area contributed by atoms with Crippen molar-refractivity contribution in [2.75, 3.05) is 30.4 Å². The number of benzene rings is 1. The van der Waals surface area contributed by atoms with Crippen molar-refractivity contribution in [1.29, 1.82) is 5.26 Å². The van der Waals surface area contributed by atoms with Gasteiger partial charge in [-0.1, -0.05) is 0 Å². The molecule has 2 aliphatic carbocycles. The number of fused-ring (bicyclic) bond motifs is 1. The van der Waals surface area contributed by atoms with Crippen molar-refractivity contribution in [2.24, 2.45) is 5.41 Å². The molecule has 1 aliphatic heterocycles. The molecule has 158 valence electrons. The quantitative estimate of drug-likeness (QED) is 0.563. The van der Waals surface area contributed by atoms with Crippen LogP contribution in [-0.4, -0.2) is 34.9 Å². The standard InChI is InChI=1S/C21H25FN6O2/c1-12-17-14(19(29)28(24)20(30)27(17)13-3-4-13)9-15(22)18(12)26-8-5-21(11-26)10-16(21)25-7-2-6-23/h9,13,16,25H,2-5,7-8,10-11,24H2,1H3. The Morgan fingerprint density at radius 2 is 2.17 bits per heavy atom. The van der Waals surface area contributed by atoms with E-state index in [9.17, 15) is 9.59 Å². The van der Waals surface area contributed by atoms with Gasteiger partial charge >= 0.3 is 5.69 Å². The van der Waals surface area contributed by atoms with Crippen LogP contribution in [-0.2, 0) is 0 Å². The predicted molar refractivity (Wildman–Crippen MR) is 111 cm³/mol. The predicted octanol–water partition coefficient (Wildman–Crippen LogP) is 1.13. The molecule has 1 aromatic heterocycles. The van der Waals surface area contributed by atoms with E-state index < -0.39 is 17.1 Å². The van der Waals surface area contributed by atoms with Crippen molar-refractivity contribution in [3.8, 4) is 6.07 Å². The highest BCUT2D eigenvalue weighted by atomic mass is 19.1. The van der Waals surface area contributed by atoms with E-state index in [-0.39, 0.29) is 16.8 Å². The van der Waals surface area contributed by atoms with Crippen LogP contribution in [0.25, 0.3) is 10.9 Å². The molecule has 2 unspecified atom stereocenters. The lowest BCUT2D eigenvalue weighted by atomic mass is 10.1. The highest BCUT2D eigenvalue weighted by Crippen LogP contribution is 2.54. The van der Waals surface area contributed by atoms with Gasteiger partial charge < -0.3 is 16.1 Å². The maximum atomic E-state index is 15.2.